The van der Waals surface area contributed by atoms with Crippen LogP contribution in [0.2, 0.25) is 0 Å². The third kappa shape index (κ3) is 2.58. The van der Waals surface area contributed by atoms with Crippen LogP contribution in [0.25, 0.3) is 0 Å². The molecular formula is C12H20N4OS. The minimum absolute atomic E-state index is 0.180. The molecule has 1 unspecified atom stereocenters. The van der Waals surface area contributed by atoms with E-state index in [1.165, 1.54) is 18.0 Å². The maximum absolute atomic E-state index is 11.8. The molecule has 0 spiro atoms. The number of nitrogens with zero attached hydrogens (tertiary/aromatic N) is 1. The Morgan fingerprint density at radius 1 is 1.56 bits per heavy atom. The zero-order valence-electron chi connectivity index (χ0n) is 11.0. The quantitative estimate of drug-likeness (QED) is 0.784. The molecule has 1 aliphatic carbocycles. The molecule has 2 rings (SSSR count). The number of amides is 1. The van der Waals surface area contributed by atoms with Gasteiger partial charge in [0.15, 0.2) is 5.82 Å². The Morgan fingerprint density at radius 2 is 2.28 bits per heavy atom. The first-order valence-electron chi connectivity index (χ1n) is 6.17. The van der Waals surface area contributed by atoms with Crippen LogP contribution in [0.15, 0.2) is 0 Å². The van der Waals surface area contributed by atoms with E-state index in [9.17, 15) is 4.79 Å². The first-order valence-corrected chi connectivity index (χ1v) is 6.94. The average Bonchev–Trinajstić information content (AvgIpc) is 2.82. The second-order valence-corrected chi connectivity index (χ2v) is 6.37. The molecule has 1 saturated carbocycles. The Balaban J connectivity index is 2.13. The molecule has 4 N–H and O–H groups in total. The van der Waals surface area contributed by atoms with Crippen molar-refractivity contribution < 1.29 is 4.79 Å². The van der Waals surface area contributed by atoms with Crippen LogP contribution in [-0.4, -0.2) is 23.4 Å². The molecule has 1 amide bonds. The highest BCUT2D eigenvalue weighted by atomic mass is 32.1. The summed E-state index contributed by atoms with van der Waals surface area (Å²) in [6.45, 7) is 4.55. The molecule has 1 aromatic rings. The fourth-order valence-electron chi connectivity index (χ4n) is 2.49. The van der Waals surface area contributed by atoms with Crippen LogP contribution in [0.5, 0.6) is 0 Å². The number of carbonyl (C=O) groups is 1. The van der Waals surface area contributed by atoms with Crippen LogP contribution >= 0.6 is 11.5 Å². The number of nitrogens with one attached hydrogen (secondary N) is 2. The number of nitrogen functional groups attached to an aromatic ring is 1. The SMILES string of the molecule is CNC(=O)c1c(N)nsc1NC1CCC(C)(C)C1. The second kappa shape index (κ2) is 4.76. The summed E-state index contributed by atoms with van der Waals surface area (Å²) in [7, 11) is 1.60. The maximum atomic E-state index is 11.8. The topological polar surface area (TPSA) is 80.0 Å². The van der Waals surface area contributed by atoms with E-state index in [0.717, 1.165) is 17.8 Å². The zero-order chi connectivity index (χ0) is 13.3. The van der Waals surface area contributed by atoms with Crippen molar-refractivity contribution in [2.24, 2.45) is 5.41 Å². The molecular weight excluding hydrogens is 248 g/mol. The molecule has 0 radical (unpaired) electrons. The molecule has 1 heterocycles. The van der Waals surface area contributed by atoms with Crippen LogP contribution < -0.4 is 16.4 Å². The monoisotopic (exact) mass is 268 g/mol. The van der Waals surface area contributed by atoms with E-state index in [0.29, 0.717) is 22.8 Å². The highest BCUT2D eigenvalue weighted by Gasteiger charge is 2.32. The summed E-state index contributed by atoms with van der Waals surface area (Å²) in [5.74, 6) is 0.125. The molecule has 1 fully saturated rings. The van der Waals surface area contributed by atoms with Crippen molar-refractivity contribution in [3.05, 3.63) is 5.56 Å². The fourth-order valence-corrected chi connectivity index (χ4v) is 3.28. The van der Waals surface area contributed by atoms with Gasteiger partial charge < -0.3 is 16.4 Å². The minimum atomic E-state index is -0.180. The molecule has 1 aromatic heterocycles. The van der Waals surface area contributed by atoms with Gasteiger partial charge >= 0.3 is 0 Å². The summed E-state index contributed by atoms with van der Waals surface area (Å²) in [5.41, 5.74) is 6.60. The molecule has 0 aliphatic heterocycles. The summed E-state index contributed by atoms with van der Waals surface area (Å²) in [5, 5.41) is 6.80. The molecule has 0 saturated heterocycles. The Labute approximate surface area is 111 Å². The van der Waals surface area contributed by atoms with Gasteiger partial charge in [-0.15, -0.1) is 0 Å². The van der Waals surface area contributed by atoms with Gasteiger partial charge in [0.1, 0.15) is 10.6 Å². The highest BCUT2D eigenvalue weighted by molar-refractivity contribution is 7.11. The molecule has 5 nitrogen and oxygen atoms in total. The molecule has 0 aromatic carbocycles. The lowest BCUT2D eigenvalue weighted by Crippen LogP contribution is -2.22. The van der Waals surface area contributed by atoms with Crippen molar-refractivity contribution in [1.29, 1.82) is 0 Å². The van der Waals surface area contributed by atoms with E-state index < -0.39 is 0 Å². The first-order chi connectivity index (χ1) is 8.43. The van der Waals surface area contributed by atoms with Gasteiger partial charge in [-0.05, 0) is 36.2 Å². The lowest BCUT2D eigenvalue weighted by molar-refractivity contribution is 0.0965. The smallest absolute Gasteiger partial charge is 0.257 e. The van der Waals surface area contributed by atoms with Crippen molar-refractivity contribution >= 4 is 28.3 Å². The molecule has 18 heavy (non-hydrogen) atoms. The first kappa shape index (κ1) is 13.1. The van der Waals surface area contributed by atoms with E-state index in [1.807, 2.05) is 0 Å². The van der Waals surface area contributed by atoms with Crippen LogP contribution in [0.3, 0.4) is 0 Å². The minimum Gasteiger partial charge on any atom is -0.382 e. The van der Waals surface area contributed by atoms with E-state index >= 15 is 0 Å². The third-order valence-corrected chi connectivity index (χ3v) is 4.27. The van der Waals surface area contributed by atoms with Gasteiger partial charge in [0.2, 0.25) is 0 Å². The summed E-state index contributed by atoms with van der Waals surface area (Å²) in [4.78, 5) is 11.8. The van der Waals surface area contributed by atoms with Crippen molar-refractivity contribution in [3.8, 4) is 0 Å². The van der Waals surface area contributed by atoms with Crippen molar-refractivity contribution in [3.63, 3.8) is 0 Å². The van der Waals surface area contributed by atoms with Gasteiger partial charge in [-0.3, -0.25) is 4.79 Å². The maximum Gasteiger partial charge on any atom is 0.257 e. The molecule has 1 aliphatic rings. The van der Waals surface area contributed by atoms with Crippen LogP contribution in [0.4, 0.5) is 10.8 Å². The number of nitrogens with two attached hydrogens (primary N) is 1. The van der Waals surface area contributed by atoms with E-state index in [4.69, 9.17) is 5.73 Å². The van der Waals surface area contributed by atoms with Crippen LogP contribution in [0, 0.1) is 5.41 Å². The number of hydrogen-bond donors (Lipinski definition) is 3. The Kier molecular flexibility index (Phi) is 3.47. The largest absolute Gasteiger partial charge is 0.382 e. The predicted octanol–water partition coefficient (Wildman–Crippen LogP) is 2.08. The van der Waals surface area contributed by atoms with Crippen LogP contribution in [-0.2, 0) is 0 Å². The van der Waals surface area contributed by atoms with Crippen LogP contribution in [0.1, 0.15) is 43.5 Å². The normalized spacial score (nSPS) is 21.8. The number of aromatic nitrogens is 1. The van der Waals surface area contributed by atoms with Gasteiger partial charge in [0, 0.05) is 13.1 Å². The molecule has 6 heteroatoms. The summed E-state index contributed by atoms with van der Waals surface area (Å²) in [6, 6.07) is 0.406. The van der Waals surface area contributed by atoms with Crippen molar-refractivity contribution in [1.82, 2.24) is 9.69 Å². The number of anilines is 2. The van der Waals surface area contributed by atoms with Crippen molar-refractivity contribution in [2.45, 2.75) is 39.2 Å². The lowest BCUT2D eigenvalue weighted by atomic mass is 9.92. The average molecular weight is 268 g/mol. The second-order valence-electron chi connectivity index (χ2n) is 5.60. The van der Waals surface area contributed by atoms with Gasteiger partial charge in [-0.2, -0.15) is 4.37 Å². The standard InChI is InChI=1S/C12H20N4OS/c1-12(2)5-4-7(6-12)15-11-8(10(17)14-3)9(13)16-18-11/h7,15H,4-6H2,1-3H3,(H2,13,16)(H,14,17). The Bertz CT molecular complexity index is 455. The molecule has 0 bridgehead atoms. The van der Waals surface area contributed by atoms with E-state index in [1.54, 1.807) is 7.05 Å². The highest BCUT2D eigenvalue weighted by Crippen LogP contribution is 2.39. The summed E-state index contributed by atoms with van der Waals surface area (Å²) >= 11 is 1.26. The summed E-state index contributed by atoms with van der Waals surface area (Å²) < 4.78 is 4.06. The summed E-state index contributed by atoms with van der Waals surface area (Å²) in [6.07, 6.45) is 3.43. The Morgan fingerprint density at radius 3 is 2.83 bits per heavy atom. The van der Waals surface area contributed by atoms with Gasteiger partial charge in [-0.1, -0.05) is 13.8 Å². The fraction of sp³-hybridized carbons (Fsp3) is 0.667. The van der Waals surface area contributed by atoms with Gasteiger partial charge in [0.05, 0.1) is 0 Å². The third-order valence-electron chi connectivity index (χ3n) is 3.48. The Hall–Kier alpha value is -1.30. The van der Waals surface area contributed by atoms with Gasteiger partial charge in [-0.25, -0.2) is 0 Å². The molecule has 1 atom stereocenters. The number of rotatable bonds is 3. The van der Waals surface area contributed by atoms with Crippen molar-refractivity contribution in [2.75, 3.05) is 18.1 Å². The zero-order valence-corrected chi connectivity index (χ0v) is 11.9. The lowest BCUT2D eigenvalue weighted by Gasteiger charge is -2.18. The number of carbonyl (C=O) groups excluding carboxylic acids is 1. The van der Waals surface area contributed by atoms with E-state index in [2.05, 4.69) is 28.9 Å². The predicted molar refractivity (Wildman–Crippen MR) is 75.0 cm³/mol. The van der Waals surface area contributed by atoms with E-state index in [-0.39, 0.29) is 5.91 Å². The molecule has 100 valence electrons. The van der Waals surface area contributed by atoms with Gasteiger partial charge in [0.25, 0.3) is 5.91 Å². The number of hydrogen-bond acceptors (Lipinski definition) is 5.